The van der Waals surface area contributed by atoms with E-state index in [1.54, 1.807) is 13.8 Å². The Morgan fingerprint density at radius 2 is 1.59 bits per heavy atom. The van der Waals surface area contributed by atoms with E-state index in [4.69, 9.17) is 5.11 Å². The molecule has 0 aliphatic rings. The molecule has 0 aliphatic heterocycles. The zero-order valence-electron chi connectivity index (χ0n) is 12.5. The number of sulfone groups is 1. The Balaban J connectivity index is 3.11. The first-order valence-electron chi connectivity index (χ1n) is 6.54. The summed E-state index contributed by atoms with van der Waals surface area (Å²) in [6.07, 6.45) is 1.50. The van der Waals surface area contributed by atoms with Gasteiger partial charge in [0.2, 0.25) is 10.0 Å². The lowest BCUT2D eigenvalue weighted by molar-refractivity contribution is -0.140. The molecule has 0 unspecified atom stereocenters. The first-order valence-corrected chi connectivity index (χ1v) is 9.91. The van der Waals surface area contributed by atoms with Crippen LogP contribution >= 0.6 is 0 Å². The van der Waals surface area contributed by atoms with Crippen LogP contribution in [-0.4, -0.2) is 40.2 Å². The molecule has 0 saturated heterocycles. The quantitative estimate of drug-likeness (QED) is 0.754. The minimum Gasteiger partial charge on any atom is -0.480 e. The molecular formula is C13H19NO6S2. The number of nitrogens with one attached hydrogen (secondary N) is 1. The van der Waals surface area contributed by atoms with Crippen molar-refractivity contribution in [3.8, 4) is 0 Å². The second kappa shape index (κ2) is 6.76. The summed E-state index contributed by atoms with van der Waals surface area (Å²) >= 11 is 0. The summed E-state index contributed by atoms with van der Waals surface area (Å²) in [5.41, 5.74) is 0. The molecule has 9 heteroatoms. The molecule has 1 aromatic rings. The van der Waals surface area contributed by atoms with Crippen LogP contribution < -0.4 is 4.72 Å². The molecule has 0 amide bonds. The Bertz CT molecular complexity index is 737. The Kier molecular flexibility index (Phi) is 5.71. The van der Waals surface area contributed by atoms with Gasteiger partial charge in [-0.05, 0) is 30.2 Å². The number of carbonyl (C=O) groups is 1. The Labute approximate surface area is 130 Å². The van der Waals surface area contributed by atoms with E-state index in [9.17, 15) is 21.6 Å². The fourth-order valence-corrected chi connectivity index (χ4v) is 3.68. The van der Waals surface area contributed by atoms with Gasteiger partial charge >= 0.3 is 5.97 Å². The number of rotatable bonds is 7. The van der Waals surface area contributed by atoms with Crippen molar-refractivity contribution in [3.63, 3.8) is 0 Å². The van der Waals surface area contributed by atoms with E-state index < -0.39 is 31.9 Å². The molecule has 1 rings (SSSR count). The van der Waals surface area contributed by atoms with E-state index >= 15 is 0 Å². The number of carboxylic acids is 1. The Morgan fingerprint density at radius 3 is 1.95 bits per heavy atom. The monoisotopic (exact) mass is 349 g/mol. The lowest BCUT2D eigenvalue weighted by Gasteiger charge is -2.20. The number of carboxylic acid groups (broad SMARTS) is 1. The molecule has 7 nitrogen and oxygen atoms in total. The molecule has 0 aromatic heterocycles. The predicted molar refractivity (Wildman–Crippen MR) is 80.8 cm³/mol. The summed E-state index contributed by atoms with van der Waals surface area (Å²) in [6.45, 7) is 3.39. The summed E-state index contributed by atoms with van der Waals surface area (Å²) in [7, 11) is -7.48. The SMILES string of the molecule is CC[C@H](C)[C@H](NS(=O)(=O)c1ccc(S(C)(=O)=O)cc1)C(=O)O. The first-order chi connectivity index (χ1) is 9.99. The highest BCUT2D eigenvalue weighted by molar-refractivity contribution is 7.90. The number of hydrogen-bond acceptors (Lipinski definition) is 5. The van der Waals surface area contributed by atoms with Gasteiger partial charge in [-0.2, -0.15) is 4.72 Å². The van der Waals surface area contributed by atoms with E-state index in [-0.39, 0.29) is 15.7 Å². The summed E-state index contributed by atoms with van der Waals surface area (Å²) < 4.78 is 49.2. The van der Waals surface area contributed by atoms with Crippen LogP contribution in [0.25, 0.3) is 0 Å². The van der Waals surface area contributed by atoms with E-state index in [0.717, 1.165) is 18.4 Å². The van der Waals surface area contributed by atoms with Crippen LogP contribution in [0.2, 0.25) is 0 Å². The highest BCUT2D eigenvalue weighted by Gasteiger charge is 2.29. The maximum atomic E-state index is 12.2. The predicted octanol–water partition coefficient (Wildman–Crippen LogP) is 0.868. The Morgan fingerprint density at radius 1 is 1.14 bits per heavy atom. The molecule has 1 aromatic carbocycles. The highest BCUT2D eigenvalue weighted by Crippen LogP contribution is 2.17. The number of benzene rings is 1. The summed E-state index contributed by atoms with van der Waals surface area (Å²) in [5, 5.41) is 9.13. The fourth-order valence-electron chi connectivity index (χ4n) is 1.75. The Hall–Kier alpha value is -1.45. The van der Waals surface area contributed by atoms with Gasteiger partial charge < -0.3 is 5.11 Å². The maximum absolute atomic E-state index is 12.2. The zero-order chi connectivity index (χ0) is 17.1. The second-order valence-electron chi connectivity index (χ2n) is 5.07. The number of aliphatic carboxylic acids is 1. The van der Waals surface area contributed by atoms with Crippen LogP contribution in [0.4, 0.5) is 0 Å². The summed E-state index contributed by atoms with van der Waals surface area (Å²) in [5.74, 6) is -1.65. The second-order valence-corrected chi connectivity index (χ2v) is 8.80. The normalized spacial score (nSPS) is 15.2. The van der Waals surface area contributed by atoms with Gasteiger partial charge in [-0.3, -0.25) is 4.79 Å². The van der Waals surface area contributed by atoms with Crippen molar-refractivity contribution in [2.24, 2.45) is 5.92 Å². The molecule has 2 atom stereocenters. The van der Waals surface area contributed by atoms with Gasteiger partial charge in [0.05, 0.1) is 9.79 Å². The van der Waals surface area contributed by atoms with Crippen LogP contribution in [0.5, 0.6) is 0 Å². The van der Waals surface area contributed by atoms with E-state index in [1.807, 2.05) is 0 Å². The van der Waals surface area contributed by atoms with Gasteiger partial charge in [-0.25, -0.2) is 16.8 Å². The van der Waals surface area contributed by atoms with Crippen LogP contribution in [-0.2, 0) is 24.7 Å². The summed E-state index contributed by atoms with van der Waals surface area (Å²) in [6, 6.07) is 3.36. The first kappa shape index (κ1) is 18.6. The van der Waals surface area contributed by atoms with Crippen molar-refractivity contribution in [3.05, 3.63) is 24.3 Å². The average Bonchev–Trinajstić information content (AvgIpc) is 2.43. The summed E-state index contributed by atoms with van der Waals surface area (Å²) in [4.78, 5) is 11.0. The molecule has 0 heterocycles. The maximum Gasteiger partial charge on any atom is 0.322 e. The van der Waals surface area contributed by atoms with Crippen molar-refractivity contribution in [1.29, 1.82) is 0 Å². The van der Waals surface area contributed by atoms with Crippen LogP contribution in [0.15, 0.2) is 34.1 Å². The average molecular weight is 349 g/mol. The van der Waals surface area contributed by atoms with Crippen LogP contribution in [0.3, 0.4) is 0 Å². The van der Waals surface area contributed by atoms with Crippen molar-refractivity contribution < 1.29 is 26.7 Å². The van der Waals surface area contributed by atoms with Gasteiger partial charge in [0.25, 0.3) is 0 Å². The minimum atomic E-state index is -4.05. The fraction of sp³-hybridized carbons (Fsp3) is 0.462. The molecule has 2 N–H and O–H groups in total. The van der Waals surface area contributed by atoms with Crippen molar-refractivity contribution in [2.75, 3.05) is 6.26 Å². The molecule has 124 valence electrons. The van der Waals surface area contributed by atoms with Gasteiger partial charge in [0.1, 0.15) is 6.04 Å². The van der Waals surface area contributed by atoms with Gasteiger partial charge in [-0.15, -0.1) is 0 Å². The lowest BCUT2D eigenvalue weighted by Crippen LogP contribution is -2.44. The lowest BCUT2D eigenvalue weighted by atomic mass is 10.0. The van der Waals surface area contributed by atoms with Crippen molar-refractivity contribution >= 4 is 25.8 Å². The molecule has 0 spiro atoms. The molecular weight excluding hydrogens is 330 g/mol. The van der Waals surface area contributed by atoms with Crippen LogP contribution in [0.1, 0.15) is 20.3 Å². The standard InChI is InChI=1S/C13H19NO6S2/c1-4-9(2)12(13(15)16)14-22(19,20)11-7-5-10(6-8-11)21(3,17)18/h5-9,12,14H,4H2,1-3H3,(H,15,16)/t9-,12-/m0/s1. The van der Waals surface area contributed by atoms with Crippen molar-refractivity contribution in [2.45, 2.75) is 36.1 Å². The zero-order valence-corrected chi connectivity index (χ0v) is 14.1. The highest BCUT2D eigenvalue weighted by atomic mass is 32.2. The minimum absolute atomic E-state index is 0.0110. The molecule has 0 bridgehead atoms. The van der Waals surface area contributed by atoms with Crippen LogP contribution in [0, 0.1) is 5.92 Å². The number of hydrogen-bond donors (Lipinski definition) is 2. The van der Waals surface area contributed by atoms with E-state index in [2.05, 4.69) is 4.72 Å². The number of sulfonamides is 1. The largest absolute Gasteiger partial charge is 0.480 e. The van der Waals surface area contributed by atoms with E-state index in [0.29, 0.717) is 6.42 Å². The smallest absolute Gasteiger partial charge is 0.322 e. The third kappa shape index (κ3) is 4.52. The molecule has 0 aliphatic carbocycles. The molecule has 22 heavy (non-hydrogen) atoms. The third-order valence-electron chi connectivity index (χ3n) is 3.32. The third-order valence-corrected chi connectivity index (χ3v) is 5.91. The molecule has 0 saturated carbocycles. The molecule has 0 fully saturated rings. The van der Waals surface area contributed by atoms with Gasteiger partial charge in [0, 0.05) is 6.26 Å². The van der Waals surface area contributed by atoms with Gasteiger partial charge in [-0.1, -0.05) is 20.3 Å². The topological polar surface area (TPSA) is 118 Å². The van der Waals surface area contributed by atoms with E-state index in [1.165, 1.54) is 12.1 Å². The van der Waals surface area contributed by atoms with Crippen molar-refractivity contribution in [1.82, 2.24) is 4.72 Å². The molecule has 0 radical (unpaired) electrons. The van der Waals surface area contributed by atoms with Gasteiger partial charge in [0.15, 0.2) is 9.84 Å².